The Kier molecular flexibility index (Phi) is 4.91. The minimum atomic E-state index is 0.0702. The maximum absolute atomic E-state index is 12.5. The van der Waals surface area contributed by atoms with Crippen molar-refractivity contribution in [1.82, 2.24) is 9.88 Å². The van der Waals surface area contributed by atoms with Crippen LogP contribution in [-0.4, -0.2) is 28.9 Å². The zero-order chi connectivity index (χ0) is 13.7. The highest BCUT2D eigenvalue weighted by Crippen LogP contribution is 2.32. The molecule has 4 nitrogen and oxygen atoms in total. The van der Waals surface area contributed by atoms with E-state index in [9.17, 15) is 4.79 Å². The van der Waals surface area contributed by atoms with Gasteiger partial charge in [0, 0.05) is 24.9 Å². The fourth-order valence-corrected chi connectivity index (χ4v) is 2.78. The Hall–Kier alpha value is -1.42. The Morgan fingerprint density at radius 2 is 2.47 bits per heavy atom. The predicted octanol–water partition coefficient (Wildman–Crippen LogP) is 2.12. The van der Waals surface area contributed by atoms with Crippen LogP contribution in [0.4, 0.5) is 0 Å². The lowest BCUT2D eigenvalue weighted by atomic mass is 10.0. The van der Waals surface area contributed by atoms with Gasteiger partial charge in [0.15, 0.2) is 0 Å². The lowest BCUT2D eigenvalue weighted by Crippen LogP contribution is -2.35. The minimum absolute atomic E-state index is 0.0702. The zero-order valence-electron chi connectivity index (χ0n) is 11.6. The lowest BCUT2D eigenvalue weighted by molar-refractivity contribution is -0.136. The molecule has 0 aliphatic carbocycles. The Morgan fingerprint density at radius 1 is 1.63 bits per heavy atom. The highest BCUT2D eigenvalue weighted by atomic mass is 16.2. The monoisotopic (exact) mass is 261 g/mol. The topological polar surface area (TPSA) is 59.2 Å². The third kappa shape index (κ3) is 3.32. The number of aromatic nitrogens is 1. The molecule has 1 amide bonds. The van der Waals surface area contributed by atoms with E-state index in [4.69, 9.17) is 5.73 Å². The molecule has 0 saturated carbocycles. The van der Waals surface area contributed by atoms with Crippen molar-refractivity contribution < 1.29 is 4.79 Å². The van der Waals surface area contributed by atoms with Crippen molar-refractivity contribution >= 4 is 5.91 Å². The minimum Gasteiger partial charge on any atom is -0.335 e. The van der Waals surface area contributed by atoms with E-state index in [1.54, 1.807) is 6.20 Å². The average Bonchev–Trinajstić information content (AvgIpc) is 2.94. The number of likely N-dealkylation sites (tertiary alicyclic amines) is 1. The molecule has 104 valence electrons. The highest BCUT2D eigenvalue weighted by Gasteiger charge is 2.32. The van der Waals surface area contributed by atoms with Gasteiger partial charge in [0.1, 0.15) is 0 Å². The summed E-state index contributed by atoms with van der Waals surface area (Å²) in [7, 11) is 0. The standard InChI is InChI=1S/C15H23N3O/c1-12(5-2-8-16)15(19)18-10-4-7-14(18)13-6-3-9-17-11-13/h3,6,9,11-12,14H,2,4-5,7-8,10,16H2,1H3. The number of amides is 1. The second-order valence-electron chi connectivity index (χ2n) is 5.31. The van der Waals surface area contributed by atoms with E-state index in [1.807, 2.05) is 24.1 Å². The summed E-state index contributed by atoms with van der Waals surface area (Å²) >= 11 is 0. The first-order valence-electron chi connectivity index (χ1n) is 7.14. The van der Waals surface area contributed by atoms with Gasteiger partial charge in [-0.05, 0) is 43.9 Å². The number of carbonyl (C=O) groups is 1. The summed E-state index contributed by atoms with van der Waals surface area (Å²) in [4.78, 5) is 18.7. The van der Waals surface area contributed by atoms with Gasteiger partial charge in [-0.3, -0.25) is 9.78 Å². The second kappa shape index (κ2) is 6.66. The molecule has 2 atom stereocenters. The molecule has 0 spiro atoms. The van der Waals surface area contributed by atoms with E-state index in [0.717, 1.165) is 37.8 Å². The molecule has 1 aromatic rings. The van der Waals surface area contributed by atoms with Gasteiger partial charge in [0.2, 0.25) is 5.91 Å². The third-order valence-electron chi connectivity index (χ3n) is 3.87. The number of hydrogen-bond acceptors (Lipinski definition) is 3. The fraction of sp³-hybridized carbons (Fsp3) is 0.600. The van der Waals surface area contributed by atoms with Gasteiger partial charge in [0.05, 0.1) is 6.04 Å². The molecule has 2 heterocycles. The van der Waals surface area contributed by atoms with Gasteiger partial charge < -0.3 is 10.6 Å². The van der Waals surface area contributed by atoms with Crippen LogP contribution in [0.2, 0.25) is 0 Å². The smallest absolute Gasteiger partial charge is 0.225 e. The summed E-state index contributed by atoms with van der Waals surface area (Å²) in [6.07, 6.45) is 7.56. The van der Waals surface area contributed by atoms with E-state index in [-0.39, 0.29) is 17.9 Å². The zero-order valence-corrected chi connectivity index (χ0v) is 11.6. The van der Waals surface area contributed by atoms with E-state index in [2.05, 4.69) is 11.1 Å². The van der Waals surface area contributed by atoms with Gasteiger partial charge in [-0.2, -0.15) is 0 Å². The van der Waals surface area contributed by atoms with Crippen LogP contribution in [0.3, 0.4) is 0 Å². The molecule has 1 aliphatic rings. The van der Waals surface area contributed by atoms with Crippen LogP contribution in [0, 0.1) is 5.92 Å². The molecule has 2 N–H and O–H groups in total. The van der Waals surface area contributed by atoms with E-state index < -0.39 is 0 Å². The first kappa shape index (κ1) is 14.0. The van der Waals surface area contributed by atoms with Crippen molar-refractivity contribution in [2.24, 2.45) is 11.7 Å². The van der Waals surface area contributed by atoms with Crippen molar-refractivity contribution in [2.45, 2.75) is 38.6 Å². The highest BCUT2D eigenvalue weighted by molar-refractivity contribution is 5.79. The molecule has 19 heavy (non-hydrogen) atoms. The summed E-state index contributed by atoms with van der Waals surface area (Å²) in [5, 5.41) is 0. The first-order valence-corrected chi connectivity index (χ1v) is 7.14. The molecule has 2 unspecified atom stereocenters. The molecule has 1 aliphatic heterocycles. The van der Waals surface area contributed by atoms with Gasteiger partial charge in [-0.25, -0.2) is 0 Å². The number of hydrogen-bond donors (Lipinski definition) is 1. The molecule has 2 rings (SSSR count). The molecule has 0 radical (unpaired) electrons. The Balaban J connectivity index is 2.04. The molecule has 0 aromatic carbocycles. The summed E-state index contributed by atoms with van der Waals surface area (Å²) in [5.41, 5.74) is 6.67. The van der Waals surface area contributed by atoms with E-state index in [1.165, 1.54) is 0 Å². The lowest BCUT2D eigenvalue weighted by Gasteiger charge is -2.27. The maximum Gasteiger partial charge on any atom is 0.225 e. The second-order valence-corrected chi connectivity index (χ2v) is 5.31. The number of carbonyl (C=O) groups excluding carboxylic acids is 1. The molecular formula is C15H23N3O. The summed E-state index contributed by atoms with van der Waals surface area (Å²) < 4.78 is 0. The average molecular weight is 261 g/mol. The molecule has 1 fully saturated rings. The van der Waals surface area contributed by atoms with Crippen molar-refractivity contribution in [3.05, 3.63) is 30.1 Å². The molecule has 1 saturated heterocycles. The third-order valence-corrected chi connectivity index (χ3v) is 3.87. The molecule has 4 heteroatoms. The number of nitrogens with zero attached hydrogens (tertiary/aromatic N) is 2. The number of nitrogens with two attached hydrogens (primary N) is 1. The van der Waals surface area contributed by atoms with Crippen LogP contribution >= 0.6 is 0 Å². The van der Waals surface area contributed by atoms with Crippen LogP contribution in [-0.2, 0) is 4.79 Å². The van der Waals surface area contributed by atoms with Crippen LogP contribution < -0.4 is 5.73 Å². The van der Waals surface area contributed by atoms with E-state index >= 15 is 0 Å². The van der Waals surface area contributed by atoms with Crippen LogP contribution in [0.15, 0.2) is 24.5 Å². The Labute approximate surface area is 115 Å². The van der Waals surface area contributed by atoms with Gasteiger partial charge in [-0.15, -0.1) is 0 Å². The summed E-state index contributed by atoms with van der Waals surface area (Å²) in [6, 6.07) is 4.21. The Morgan fingerprint density at radius 3 is 3.16 bits per heavy atom. The van der Waals surface area contributed by atoms with Gasteiger partial charge in [-0.1, -0.05) is 13.0 Å². The summed E-state index contributed by atoms with van der Waals surface area (Å²) in [6.45, 7) is 3.53. The molecule has 0 bridgehead atoms. The first-order chi connectivity index (χ1) is 9.24. The van der Waals surface area contributed by atoms with Crippen LogP contribution in [0.25, 0.3) is 0 Å². The van der Waals surface area contributed by atoms with E-state index in [0.29, 0.717) is 6.54 Å². The fourth-order valence-electron chi connectivity index (χ4n) is 2.78. The van der Waals surface area contributed by atoms with Crippen LogP contribution in [0.1, 0.15) is 44.2 Å². The normalized spacial score (nSPS) is 20.5. The SMILES string of the molecule is CC(CCCN)C(=O)N1CCCC1c1cccnc1. The van der Waals surface area contributed by atoms with Crippen molar-refractivity contribution in [2.75, 3.05) is 13.1 Å². The number of rotatable bonds is 5. The quantitative estimate of drug-likeness (QED) is 0.883. The summed E-state index contributed by atoms with van der Waals surface area (Å²) in [5.74, 6) is 0.334. The predicted molar refractivity (Wildman–Crippen MR) is 75.4 cm³/mol. The number of pyridine rings is 1. The van der Waals surface area contributed by atoms with Crippen molar-refractivity contribution in [3.63, 3.8) is 0 Å². The van der Waals surface area contributed by atoms with Crippen molar-refractivity contribution in [3.8, 4) is 0 Å². The largest absolute Gasteiger partial charge is 0.335 e. The van der Waals surface area contributed by atoms with Crippen molar-refractivity contribution in [1.29, 1.82) is 0 Å². The Bertz CT molecular complexity index is 407. The van der Waals surface area contributed by atoms with Gasteiger partial charge in [0.25, 0.3) is 0 Å². The van der Waals surface area contributed by atoms with Crippen LogP contribution in [0.5, 0.6) is 0 Å². The maximum atomic E-state index is 12.5. The molecule has 1 aromatic heterocycles. The molecular weight excluding hydrogens is 238 g/mol. The van der Waals surface area contributed by atoms with Gasteiger partial charge >= 0.3 is 0 Å².